The number of carbonyl (C=O) groups excluding carboxylic acids is 2. The molecule has 0 saturated carbocycles. The van der Waals surface area contributed by atoms with Crippen LogP contribution in [0.2, 0.25) is 0 Å². The maximum Gasteiger partial charge on any atom is 0.309 e. The Morgan fingerprint density at radius 2 is 1.73 bits per heavy atom. The van der Waals surface area contributed by atoms with Gasteiger partial charge in [0, 0.05) is 13.1 Å². The summed E-state index contributed by atoms with van der Waals surface area (Å²) in [6, 6.07) is 15.0. The minimum absolute atomic E-state index is 0.138. The Kier molecular flexibility index (Phi) is 7.03. The van der Waals surface area contributed by atoms with E-state index in [2.05, 4.69) is 10.6 Å². The summed E-state index contributed by atoms with van der Waals surface area (Å²) < 4.78 is 37.2. The molecule has 1 aliphatic rings. The highest BCUT2D eigenvalue weighted by Gasteiger charge is 2.36. The average molecular weight is 433 g/mol. The minimum Gasteiger partial charge on any atom is -0.497 e. The maximum atomic E-state index is 12.8. The molecule has 0 radical (unpaired) electrons. The number of hydrogen-bond donors (Lipinski definition) is 2. The zero-order valence-electron chi connectivity index (χ0n) is 16.4. The fraction of sp³-hybridized carbons (Fsp3) is 0.300. The molecule has 0 bridgehead atoms. The summed E-state index contributed by atoms with van der Waals surface area (Å²) in [7, 11) is -2.20. The van der Waals surface area contributed by atoms with Crippen molar-refractivity contribution in [1.29, 1.82) is 0 Å². The molecule has 1 aliphatic heterocycles. The van der Waals surface area contributed by atoms with Crippen LogP contribution in [0, 0.1) is 0 Å². The average Bonchev–Trinajstić information content (AvgIpc) is 3.26. The molecule has 1 heterocycles. The largest absolute Gasteiger partial charge is 0.497 e. The summed E-state index contributed by atoms with van der Waals surface area (Å²) >= 11 is 0. The zero-order valence-corrected chi connectivity index (χ0v) is 17.2. The van der Waals surface area contributed by atoms with Crippen LogP contribution in [0.15, 0.2) is 59.5 Å². The van der Waals surface area contributed by atoms with Gasteiger partial charge in [-0.3, -0.25) is 9.59 Å². The summed E-state index contributed by atoms with van der Waals surface area (Å²) in [5, 5.41) is 4.94. The summed E-state index contributed by atoms with van der Waals surface area (Å²) in [5.74, 6) is -0.994. The van der Waals surface area contributed by atoms with E-state index in [-0.39, 0.29) is 31.1 Å². The van der Waals surface area contributed by atoms with Crippen molar-refractivity contribution >= 4 is 21.8 Å². The highest BCUT2D eigenvalue weighted by Crippen LogP contribution is 2.21. The summed E-state index contributed by atoms with van der Waals surface area (Å²) in [4.78, 5) is 24.2. The van der Waals surface area contributed by atoms with Crippen LogP contribution in [0.4, 0.5) is 0 Å². The van der Waals surface area contributed by atoms with Gasteiger partial charge in [0.05, 0.1) is 25.2 Å². The lowest BCUT2D eigenvalue weighted by atomic mass is 10.2. The monoisotopic (exact) mass is 433 g/mol. The van der Waals surface area contributed by atoms with Crippen LogP contribution < -0.4 is 15.4 Å². The van der Waals surface area contributed by atoms with Crippen molar-refractivity contribution < 1.29 is 27.5 Å². The van der Waals surface area contributed by atoms with Crippen LogP contribution in [0.1, 0.15) is 5.56 Å². The second kappa shape index (κ2) is 9.70. The van der Waals surface area contributed by atoms with E-state index in [0.717, 1.165) is 5.56 Å². The maximum absolute atomic E-state index is 12.8. The minimum atomic E-state index is -3.76. The molecule has 30 heavy (non-hydrogen) atoms. The molecule has 0 unspecified atom stereocenters. The molecule has 10 heteroatoms. The van der Waals surface area contributed by atoms with Crippen molar-refractivity contribution in [3.05, 3.63) is 60.2 Å². The third-order valence-electron chi connectivity index (χ3n) is 4.55. The molecule has 1 atom stereocenters. The van der Waals surface area contributed by atoms with Gasteiger partial charge in [-0.1, -0.05) is 30.3 Å². The van der Waals surface area contributed by atoms with Gasteiger partial charge in [0.15, 0.2) is 0 Å². The molecule has 0 spiro atoms. The Morgan fingerprint density at radius 3 is 2.40 bits per heavy atom. The standard InChI is InChI=1S/C20H23N3O6S/c1-28-16-9-7-15(8-10-16)13-21-19(24)20(25)22-14-18-23(11-12-29-18)30(26,27)17-5-3-2-4-6-17/h2-10,18H,11-14H2,1H3,(H,21,24)(H,22,25)/t18-/m1/s1. The molecule has 1 saturated heterocycles. The van der Waals surface area contributed by atoms with E-state index >= 15 is 0 Å². The molecule has 2 aromatic carbocycles. The van der Waals surface area contributed by atoms with E-state index in [9.17, 15) is 18.0 Å². The Bertz CT molecular complexity index is 979. The highest BCUT2D eigenvalue weighted by atomic mass is 32.2. The number of methoxy groups -OCH3 is 1. The van der Waals surface area contributed by atoms with Gasteiger partial charge in [-0.25, -0.2) is 8.42 Å². The first-order valence-electron chi connectivity index (χ1n) is 9.29. The normalized spacial score (nSPS) is 16.8. The van der Waals surface area contributed by atoms with Gasteiger partial charge >= 0.3 is 11.8 Å². The first-order valence-corrected chi connectivity index (χ1v) is 10.7. The second-order valence-corrected chi connectivity index (χ2v) is 8.39. The van der Waals surface area contributed by atoms with Gasteiger partial charge in [0.25, 0.3) is 0 Å². The second-order valence-electron chi connectivity index (χ2n) is 6.50. The van der Waals surface area contributed by atoms with Gasteiger partial charge in [-0.2, -0.15) is 4.31 Å². The molecule has 3 rings (SSSR count). The van der Waals surface area contributed by atoms with Gasteiger partial charge in [-0.05, 0) is 29.8 Å². The van der Waals surface area contributed by atoms with Crippen molar-refractivity contribution in [3.63, 3.8) is 0 Å². The predicted octanol–water partition coefficient (Wildman–Crippen LogP) is 0.475. The number of hydrogen-bond acceptors (Lipinski definition) is 6. The van der Waals surface area contributed by atoms with Crippen molar-refractivity contribution in [2.45, 2.75) is 17.7 Å². The molecule has 0 aliphatic carbocycles. The number of benzene rings is 2. The zero-order chi connectivity index (χ0) is 21.6. The molecular formula is C20H23N3O6S. The lowest BCUT2D eigenvalue weighted by molar-refractivity contribution is -0.139. The molecular weight excluding hydrogens is 410 g/mol. The number of sulfonamides is 1. The number of carbonyl (C=O) groups is 2. The number of amides is 2. The van der Waals surface area contributed by atoms with E-state index in [4.69, 9.17) is 9.47 Å². The van der Waals surface area contributed by atoms with E-state index in [1.807, 2.05) is 0 Å². The number of nitrogens with zero attached hydrogens (tertiary/aromatic N) is 1. The molecule has 0 aromatic heterocycles. The van der Waals surface area contributed by atoms with Crippen LogP contribution >= 0.6 is 0 Å². The van der Waals surface area contributed by atoms with Crippen LogP contribution in [0.5, 0.6) is 5.75 Å². The first kappa shape index (κ1) is 21.8. The van der Waals surface area contributed by atoms with Crippen molar-refractivity contribution in [1.82, 2.24) is 14.9 Å². The van der Waals surface area contributed by atoms with Crippen molar-refractivity contribution in [3.8, 4) is 5.75 Å². The van der Waals surface area contributed by atoms with Gasteiger partial charge < -0.3 is 20.1 Å². The molecule has 2 aromatic rings. The van der Waals surface area contributed by atoms with E-state index in [0.29, 0.717) is 5.75 Å². The van der Waals surface area contributed by atoms with Gasteiger partial charge in [0.1, 0.15) is 12.0 Å². The lowest BCUT2D eigenvalue weighted by Crippen LogP contribution is -2.47. The number of rotatable bonds is 7. The Labute approximate surface area is 175 Å². The van der Waals surface area contributed by atoms with Crippen molar-refractivity contribution in [2.24, 2.45) is 0 Å². The third-order valence-corrected chi connectivity index (χ3v) is 6.45. The third kappa shape index (κ3) is 5.15. The fourth-order valence-electron chi connectivity index (χ4n) is 2.94. The number of nitrogens with one attached hydrogen (secondary N) is 2. The van der Waals surface area contributed by atoms with Crippen LogP contribution in [0.25, 0.3) is 0 Å². The van der Waals surface area contributed by atoms with Gasteiger partial charge in [-0.15, -0.1) is 0 Å². The SMILES string of the molecule is COc1ccc(CNC(=O)C(=O)NC[C@H]2OCCN2S(=O)(=O)c2ccccc2)cc1. The molecule has 1 fully saturated rings. The predicted molar refractivity (Wildman–Crippen MR) is 108 cm³/mol. The highest BCUT2D eigenvalue weighted by molar-refractivity contribution is 7.89. The van der Waals surface area contributed by atoms with E-state index in [1.165, 1.54) is 16.4 Å². The quantitative estimate of drug-likeness (QED) is 0.614. The molecule has 9 nitrogen and oxygen atoms in total. The van der Waals surface area contributed by atoms with E-state index in [1.54, 1.807) is 49.6 Å². The summed E-state index contributed by atoms with van der Waals surface area (Å²) in [5.41, 5.74) is 0.802. The molecule has 2 amide bonds. The Morgan fingerprint density at radius 1 is 1.07 bits per heavy atom. The molecule has 160 valence electrons. The van der Waals surface area contributed by atoms with Crippen molar-refractivity contribution in [2.75, 3.05) is 26.8 Å². The summed E-state index contributed by atoms with van der Waals surface area (Å²) in [6.45, 7) is 0.406. The Hall–Kier alpha value is -2.95. The fourth-order valence-corrected chi connectivity index (χ4v) is 4.47. The molecule has 2 N–H and O–H groups in total. The van der Waals surface area contributed by atoms with Gasteiger partial charge in [0.2, 0.25) is 10.0 Å². The van der Waals surface area contributed by atoms with Crippen LogP contribution in [0.3, 0.4) is 0 Å². The van der Waals surface area contributed by atoms with Crippen LogP contribution in [-0.4, -0.2) is 57.6 Å². The van der Waals surface area contributed by atoms with Crippen LogP contribution in [-0.2, 0) is 30.9 Å². The smallest absolute Gasteiger partial charge is 0.309 e. The Balaban J connectivity index is 1.52. The first-order chi connectivity index (χ1) is 14.4. The van der Waals surface area contributed by atoms with E-state index < -0.39 is 28.1 Å². The topological polar surface area (TPSA) is 114 Å². The summed E-state index contributed by atoms with van der Waals surface area (Å²) in [6.07, 6.45) is -0.881. The lowest BCUT2D eigenvalue weighted by Gasteiger charge is -2.22. The number of ether oxygens (including phenoxy) is 2.